The molecule has 2 heteroatoms. The maximum Gasteiger partial charge on any atom is 0.0212 e. The SMILES string of the molecule is CCNNC1CCC1. The summed E-state index contributed by atoms with van der Waals surface area (Å²) in [4.78, 5) is 0. The Morgan fingerprint density at radius 3 is 2.62 bits per heavy atom. The standard InChI is InChI=1S/C6H14N2/c1-2-7-8-6-4-3-5-6/h6-8H,2-5H2,1H3. The molecule has 2 nitrogen and oxygen atoms in total. The zero-order chi connectivity index (χ0) is 5.82. The van der Waals surface area contributed by atoms with Gasteiger partial charge in [0.15, 0.2) is 0 Å². The highest BCUT2D eigenvalue weighted by molar-refractivity contribution is 4.73. The van der Waals surface area contributed by atoms with Crippen LogP contribution in [0.15, 0.2) is 0 Å². The first kappa shape index (κ1) is 6.05. The van der Waals surface area contributed by atoms with Crippen molar-refractivity contribution >= 4 is 0 Å². The van der Waals surface area contributed by atoms with E-state index in [0.29, 0.717) is 0 Å². The van der Waals surface area contributed by atoms with Gasteiger partial charge in [0.25, 0.3) is 0 Å². The molecule has 0 radical (unpaired) electrons. The van der Waals surface area contributed by atoms with Gasteiger partial charge in [-0.3, -0.25) is 10.9 Å². The highest BCUT2D eigenvalue weighted by atomic mass is 15.4. The summed E-state index contributed by atoms with van der Waals surface area (Å²) in [6.07, 6.45) is 4.11. The van der Waals surface area contributed by atoms with Crippen LogP contribution in [-0.2, 0) is 0 Å². The summed E-state index contributed by atoms with van der Waals surface area (Å²) in [5.41, 5.74) is 6.32. The molecule has 0 aromatic rings. The topological polar surface area (TPSA) is 24.1 Å². The predicted molar refractivity (Wildman–Crippen MR) is 34.5 cm³/mol. The maximum atomic E-state index is 3.22. The lowest BCUT2D eigenvalue weighted by molar-refractivity contribution is 0.304. The molecule has 1 aliphatic rings. The summed E-state index contributed by atoms with van der Waals surface area (Å²) in [5, 5.41) is 0. The smallest absolute Gasteiger partial charge is 0.0212 e. The first-order chi connectivity index (χ1) is 3.93. The number of hydrogen-bond acceptors (Lipinski definition) is 2. The Balaban J connectivity index is 1.86. The third kappa shape index (κ3) is 1.46. The Labute approximate surface area is 50.6 Å². The van der Waals surface area contributed by atoms with E-state index < -0.39 is 0 Å². The quantitative estimate of drug-likeness (QED) is 0.526. The second-order valence-electron chi connectivity index (χ2n) is 2.30. The van der Waals surface area contributed by atoms with Crippen LogP contribution in [0.1, 0.15) is 26.2 Å². The molecule has 0 amide bonds. The zero-order valence-corrected chi connectivity index (χ0v) is 5.41. The molecule has 1 aliphatic carbocycles. The summed E-state index contributed by atoms with van der Waals surface area (Å²) < 4.78 is 0. The molecule has 0 heterocycles. The van der Waals surface area contributed by atoms with E-state index in [0.717, 1.165) is 12.6 Å². The summed E-state index contributed by atoms with van der Waals surface area (Å²) in [6, 6.07) is 0.773. The average Bonchev–Trinajstić information content (AvgIpc) is 1.63. The number of hydrogen-bond donors (Lipinski definition) is 2. The van der Waals surface area contributed by atoms with Gasteiger partial charge >= 0.3 is 0 Å². The summed E-state index contributed by atoms with van der Waals surface area (Å²) in [7, 11) is 0. The van der Waals surface area contributed by atoms with Crippen LogP contribution in [0.2, 0.25) is 0 Å². The Bertz CT molecular complexity index is 59.5. The highest BCUT2D eigenvalue weighted by Crippen LogP contribution is 2.16. The van der Waals surface area contributed by atoms with E-state index in [4.69, 9.17) is 0 Å². The van der Waals surface area contributed by atoms with Crippen LogP contribution < -0.4 is 10.9 Å². The fourth-order valence-electron chi connectivity index (χ4n) is 0.799. The number of hydrazine groups is 1. The second-order valence-corrected chi connectivity index (χ2v) is 2.30. The van der Waals surface area contributed by atoms with Gasteiger partial charge in [-0.15, -0.1) is 0 Å². The van der Waals surface area contributed by atoms with E-state index in [-0.39, 0.29) is 0 Å². The molecule has 0 aliphatic heterocycles. The van der Waals surface area contributed by atoms with Crippen molar-refractivity contribution in [2.45, 2.75) is 32.2 Å². The summed E-state index contributed by atoms with van der Waals surface area (Å²) in [5.74, 6) is 0. The largest absolute Gasteiger partial charge is 0.258 e. The van der Waals surface area contributed by atoms with Crippen LogP contribution in [0.5, 0.6) is 0 Å². The van der Waals surface area contributed by atoms with Crippen molar-refractivity contribution in [1.29, 1.82) is 0 Å². The van der Waals surface area contributed by atoms with Gasteiger partial charge < -0.3 is 0 Å². The van der Waals surface area contributed by atoms with Crippen molar-refractivity contribution in [3.05, 3.63) is 0 Å². The molecule has 1 rings (SSSR count). The summed E-state index contributed by atoms with van der Waals surface area (Å²) >= 11 is 0. The molecule has 0 aromatic heterocycles. The first-order valence-electron chi connectivity index (χ1n) is 3.42. The Kier molecular flexibility index (Phi) is 2.30. The fraction of sp³-hybridized carbons (Fsp3) is 1.00. The third-order valence-electron chi connectivity index (χ3n) is 1.59. The molecule has 0 saturated heterocycles. The molecule has 1 saturated carbocycles. The van der Waals surface area contributed by atoms with Crippen molar-refractivity contribution in [2.24, 2.45) is 0 Å². The van der Waals surface area contributed by atoms with Crippen LogP contribution in [0.3, 0.4) is 0 Å². The maximum absolute atomic E-state index is 3.22. The Morgan fingerprint density at radius 2 is 2.25 bits per heavy atom. The van der Waals surface area contributed by atoms with E-state index in [1.165, 1.54) is 19.3 Å². The van der Waals surface area contributed by atoms with Gasteiger partial charge in [-0.05, 0) is 12.8 Å². The van der Waals surface area contributed by atoms with Gasteiger partial charge in [0.05, 0.1) is 0 Å². The van der Waals surface area contributed by atoms with Crippen LogP contribution in [0.4, 0.5) is 0 Å². The van der Waals surface area contributed by atoms with Gasteiger partial charge in [-0.25, -0.2) is 0 Å². The zero-order valence-electron chi connectivity index (χ0n) is 5.41. The van der Waals surface area contributed by atoms with E-state index in [9.17, 15) is 0 Å². The van der Waals surface area contributed by atoms with Gasteiger partial charge in [0.2, 0.25) is 0 Å². The molecule has 0 atom stereocenters. The fourth-order valence-corrected chi connectivity index (χ4v) is 0.799. The van der Waals surface area contributed by atoms with Crippen LogP contribution in [0, 0.1) is 0 Å². The van der Waals surface area contributed by atoms with Crippen molar-refractivity contribution in [3.63, 3.8) is 0 Å². The molecule has 0 spiro atoms. The lowest BCUT2D eigenvalue weighted by Crippen LogP contribution is -2.44. The minimum atomic E-state index is 0.773. The van der Waals surface area contributed by atoms with Crippen LogP contribution >= 0.6 is 0 Å². The molecule has 2 N–H and O–H groups in total. The lowest BCUT2D eigenvalue weighted by atomic mass is 9.94. The van der Waals surface area contributed by atoms with Gasteiger partial charge in [0.1, 0.15) is 0 Å². The summed E-state index contributed by atoms with van der Waals surface area (Å²) in [6.45, 7) is 3.13. The Hall–Kier alpha value is -0.0800. The number of nitrogens with one attached hydrogen (secondary N) is 2. The van der Waals surface area contributed by atoms with Crippen molar-refractivity contribution < 1.29 is 0 Å². The van der Waals surface area contributed by atoms with Crippen molar-refractivity contribution in [3.8, 4) is 0 Å². The molecule has 0 bridgehead atoms. The number of rotatable bonds is 3. The van der Waals surface area contributed by atoms with Crippen LogP contribution in [-0.4, -0.2) is 12.6 Å². The van der Waals surface area contributed by atoms with E-state index >= 15 is 0 Å². The molecule has 1 fully saturated rings. The average molecular weight is 114 g/mol. The molecule has 8 heavy (non-hydrogen) atoms. The highest BCUT2D eigenvalue weighted by Gasteiger charge is 2.15. The molecule has 48 valence electrons. The van der Waals surface area contributed by atoms with E-state index in [2.05, 4.69) is 17.8 Å². The van der Waals surface area contributed by atoms with Gasteiger partial charge in [-0.2, -0.15) is 0 Å². The Morgan fingerprint density at radius 1 is 1.50 bits per heavy atom. The predicted octanol–water partition coefficient (Wildman–Crippen LogP) is 0.653. The van der Waals surface area contributed by atoms with Gasteiger partial charge in [0, 0.05) is 12.6 Å². The van der Waals surface area contributed by atoms with E-state index in [1.807, 2.05) is 0 Å². The minimum Gasteiger partial charge on any atom is -0.258 e. The minimum absolute atomic E-state index is 0.773. The van der Waals surface area contributed by atoms with Crippen molar-refractivity contribution in [2.75, 3.05) is 6.54 Å². The van der Waals surface area contributed by atoms with Gasteiger partial charge in [-0.1, -0.05) is 13.3 Å². The first-order valence-corrected chi connectivity index (χ1v) is 3.42. The third-order valence-corrected chi connectivity index (χ3v) is 1.59. The molecule has 0 aromatic carbocycles. The normalized spacial score (nSPS) is 20.6. The van der Waals surface area contributed by atoms with E-state index in [1.54, 1.807) is 0 Å². The van der Waals surface area contributed by atoms with Crippen LogP contribution in [0.25, 0.3) is 0 Å². The van der Waals surface area contributed by atoms with Crippen molar-refractivity contribution in [1.82, 2.24) is 10.9 Å². The lowest BCUT2D eigenvalue weighted by Gasteiger charge is -2.26. The molecular formula is C6H14N2. The second kappa shape index (κ2) is 3.05. The molecule has 0 unspecified atom stereocenters. The molecular weight excluding hydrogens is 100 g/mol. The monoisotopic (exact) mass is 114 g/mol.